The van der Waals surface area contributed by atoms with Crippen LogP contribution in [0.3, 0.4) is 0 Å². The molecule has 0 N–H and O–H groups in total. The smallest absolute Gasteiger partial charge is 0.305 e. The van der Waals surface area contributed by atoms with Gasteiger partial charge in [0.25, 0.3) is 0 Å². The molecule has 0 aliphatic carbocycles. The summed E-state index contributed by atoms with van der Waals surface area (Å²) in [4.78, 5) is 24.5. The zero-order valence-corrected chi connectivity index (χ0v) is 10.4. The number of ether oxygens (including phenoxy) is 1. The highest BCUT2D eigenvalue weighted by molar-refractivity contribution is 7.14. The van der Waals surface area contributed by atoms with Crippen LogP contribution >= 0.6 is 11.3 Å². The number of methoxy groups -OCH3 is 1. The van der Waals surface area contributed by atoms with Gasteiger partial charge in [-0.15, -0.1) is 11.3 Å². The molecule has 0 spiro atoms. The average Bonchev–Trinajstić information content (AvgIpc) is 2.70. The summed E-state index contributed by atoms with van der Waals surface area (Å²) in [6.07, 6.45) is 2.36. The molecule has 0 amide bonds. The van der Waals surface area contributed by atoms with Crippen molar-refractivity contribution in [1.29, 1.82) is 0 Å². The first-order valence-corrected chi connectivity index (χ1v) is 6.11. The number of thiophene rings is 1. The van der Waals surface area contributed by atoms with Gasteiger partial charge in [-0.25, -0.2) is 0 Å². The minimum Gasteiger partial charge on any atom is -0.469 e. The minimum absolute atomic E-state index is 0.169. The van der Waals surface area contributed by atoms with Crippen molar-refractivity contribution in [2.75, 3.05) is 7.11 Å². The number of rotatable bonds is 6. The van der Waals surface area contributed by atoms with Crippen molar-refractivity contribution >= 4 is 23.1 Å². The van der Waals surface area contributed by atoms with Crippen molar-refractivity contribution in [2.24, 2.45) is 0 Å². The molecular weight excluding hydrogens is 224 g/mol. The normalized spacial score (nSPS) is 10.1. The number of carbonyl (C=O) groups is 2. The van der Waals surface area contributed by atoms with Gasteiger partial charge in [-0.05, 0) is 31.9 Å². The van der Waals surface area contributed by atoms with Gasteiger partial charge >= 0.3 is 5.97 Å². The third-order valence-corrected chi connectivity index (χ3v) is 3.32. The fraction of sp³-hybridized carbons (Fsp3) is 0.500. The molecule has 4 heteroatoms. The number of hydrogen-bond donors (Lipinski definition) is 0. The molecule has 0 aliphatic rings. The maximum atomic E-state index is 11.7. The van der Waals surface area contributed by atoms with Crippen molar-refractivity contribution in [3.05, 3.63) is 21.9 Å². The third kappa shape index (κ3) is 4.14. The van der Waals surface area contributed by atoms with E-state index in [0.29, 0.717) is 19.3 Å². The number of Topliss-reactive ketones (excluding diaryl/α,β-unsaturated/α-hetero) is 1. The topological polar surface area (TPSA) is 43.4 Å². The summed E-state index contributed by atoms with van der Waals surface area (Å²) < 4.78 is 4.52. The quantitative estimate of drug-likeness (QED) is 0.436. The Kier molecular flexibility index (Phi) is 5.19. The summed E-state index contributed by atoms with van der Waals surface area (Å²) in [7, 11) is 1.38. The van der Waals surface area contributed by atoms with Crippen LogP contribution in [0, 0.1) is 6.92 Å². The van der Waals surface area contributed by atoms with Gasteiger partial charge in [0.15, 0.2) is 5.78 Å². The lowest BCUT2D eigenvalue weighted by Gasteiger charge is -1.99. The Balaban J connectivity index is 2.23. The third-order valence-electron chi connectivity index (χ3n) is 2.28. The zero-order chi connectivity index (χ0) is 12.0. The number of ketones is 1. The molecule has 0 bridgehead atoms. The van der Waals surface area contributed by atoms with Crippen LogP contribution in [0.2, 0.25) is 0 Å². The maximum Gasteiger partial charge on any atom is 0.305 e. The molecule has 1 rings (SSSR count). The van der Waals surface area contributed by atoms with Gasteiger partial charge < -0.3 is 4.74 Å². The van der Waals surface area contributed by atoms with E-state index < -0.39 is 0 Å². The molecule has 1 aromatic rings. The van der Waals surface area contributed by atoms with Gasteiger partial charge in [-0.3, -0.25) is 9.59 Å². The summed E-state index contributed by atoms with van der Waals surface area (Å²) in [5.41, 5.74) is 0. The Morgan fingerprint density at radius 1 is 1.25 bits per heavy atom. The van der Waals surface area contributed by atoms with Crippen LogP contribution in [0.1, 0.15) is 40.2 Å². The summed E-state index contributed by atoms with van der Waals surface area (Å²) in [6.45, 7) is 1.98. The maximum absolute atomic E-state index is 11.7. The van der Waals surface area contributed by atoms with Crippen LogP contribution in [-0.4, -0.2) is 18.9 Å². The van der Waals surface area contributed by atoms with Gasteiger partial charge in [-0.1, -0.05) is 0 Å². The van der Waals surface area contributed by atoms with Gasteiger partial charge in [0.1, 0.15) is 0 Å². The van der Waals surface area contributed by atoms with E-state index in [9.17, 15) is 9.59 Å². The summed E-state index contributed by atoms with van der Waals surface area (Å²) in [6, 6.07) is 3.81. The summed E-state index contributed by atoms with van der Waals surface area (Å²) in [5, 5.41) is 0. The number of unbranched alkanes of at least 4 members (excludes halogenated alkanes) is 1. The first kappa shape index (κ1) is 12.9. The number of hydrogen-bond acceptors (Lipinski definition) is 4. The van der Waals surface area contributed by atoms with Crippen LogP contribution in [0.5, 0.6) is 0 Å². The van der Waals surface area contributed by atoms with E-state index in [2.05, 4.69) is 4.74 Å². The van der Waals surface area contributed by atoms with Crippen molar-refractivity contribution in [2.45, 2.75) is 32.6 Å². The highest BCUT2D eigenvalue weighted by Crippen LogP contribution is 2.18. The van der Waals surface area contributed by atoms with E-state index in [1.54, 1.807) is 0 Å². The lowest BCUT2D eigenvalue weighted by atomic mass is 10.1. The predicted octanol–water partition coefficient (Wildman–Crippen LogP) is 2.97. The molecule has 1 aromatic heterocycles. The molecule has 0 unspecified atom stereocenters. The first-order valence-electron chi connectivity index (χ1n) is 5.30. The second-order valence-electron chi connectivity index (χ2n) is 3.62. The first-order chi connectivity index (χ1) is 7.63. The molecule has 0 saturated carbocycles. The molecule has 0 atom stereocenters. The van der Waals surface area contributed by atoms with Crippen LogP contribution in [0.15, 0.2) is 12.1 Å². The Bertz CT molecular complexity index is 368. The summed E-state index contributed by atoms with van der Waals surface area (Å²) in [5.74, 6) is -0.0395. The average molecular weight is 240 g/mol. The number of carbonyl (C=O) groups excluding carboxylic acids is 2. The van der Waals surface area contributed by atoms with E-state index in [1.807, 2.05) is 19.1 Å². The highest BCUT2D eigenvalue weighted by atomic mass is 32.1. The molecule has 1 heterocycles. The largest absolute Gasteiger partial charge is 0.469 e. The molecule has 88 valence electrons. The molecular formula is C12H16O3S. The minimum atomic E-state index is -0.209. The molecule has 0 saturated heterocycles. The van der Waals surface area contributed by atoms with E-state index in [-0.39, 0.29) is 11.8 Å². The van der Waals surface area contributed by atoms with Crippen molar-refractivity contribution in [3.8, 4) is 0 Å². The van der Waals surface area contributed by atoms with Crippen LogP contribution in [0.25, 0.3) is 0 Å². The van der Waals surface area contributed by atoms with Gasteiger partial charge in [0, 0.05) is 17.7 Å². The van der Waals surface area contributed by atoms with Gasteiger partial charge in [0.05, 0.1) is 12.0 Å². The molecule has 0 radical (unpaired) electrons. The Labute approximate surface area is 99.4 Å². The van der Waals surface area contributed by atoms with E-state index in [1.165, 1.54) is 18.4 Å². The lowest BCUT2D eigenvalue weighted by Crippen LogP contribution is -2.01. The number of aryl methyl sites for hydroxylation is 1. The molecule has 16 heavy (non-hydrogen) atoms. The highest BCUT2D eigenvalue weighted by Gasteiger charge is 2.08. The van der Waals surface area contributed by atoms with Crippen molar-refractivity contribution in [3.63, 3.8) is 0 Å². The van der Waals surface area contributed by atoms with Crippen LogP contribution < -0.4 is 0 Å². The Morgan fingerprint density at radius 3 is 2.50 bits per heavy atom. The van der Waals surface area contributed by atoms with Gasteiger partial charge in [-0.2, -0.15) is 0 Å². The van der Waals surface area contributed by atoms with Crippen LogP contribution in [0.4, 0.5) is 0 Å². The molecule has 3 nitrogen and oxygen atoms in total. The number of esters is 1. The lowest BCUT2D eigenvalue weighted by molar-refractivity contribution is -0.140. The SMILES string of the molecule is COC(=O)CCCCC(=O)c1ccc(C)s1. The Morgan fingerprint density at radius 2 is 1.94 bits per heavy atom. The fourth-order valence-corrected chi connectivity index (χ4v) is 2.20. The fourth-order valence-electron chi connectivity index (χ4n) is 1.36. The van der Waals surface area contributed by atoms with Crippen LogP contribution in [-0.2, 0) is 9.53 Å². The summed E-state index contributed by atoms with van der Waals surface area (Å²) >= 11 is 1.52. The Hall–Kier alpha value is -1.16. The molecule has 0 aliphatic heterocycles. The zero-order valence-electron chi connectivity index (χ0n) is 9.62. The monoisotopic (exact) mass is 240 g/mol. The van der Waals surface area contributed by atoms with Crippen molar-refractivity contribution in [1.82, 2.24) is 0 Å². The van der Waals surface area contributed by atoms with Crippen molar-refractivity contribution < 1.29 is 14.3 Å². The second kappa shape index (κ2) is 6.43. The van der Waals surface area contributed by atoms with E-state index in [4.69, 9.17) is 0 Å². The molecule has 0 fully saturated rings. The van der Waals surface area contributed by atoms with Gasteiger partial charge in [0.2, 0.25) is 0 Å². The standard InChI is InChI=1S/C12H16O3S/c1-9-7-8-11(16-9)10(13)5-3-4-6-12(14)15-2/h7-8H,3-6H2,1-2H3. The predicted molar refractivity (Wildman–Crippen MR) is 63.9 cm³/mol. The molecule has 0 aromatic carbocycles. The second-order valence-corrected chi connectivity index (χ2v) is 4.90. The van der Waals surface area contributed by atoms with E-state index >= 15 is 0 Å². The van der Waals surface area contributed by atoms with E-state index in [0.717, 1.165) is 16.2 Å².